The van der Waals surface area contributed by atoms with Crippen molar-refractivity contribution in [1.29, 1.82) is 0 Å². The van der Waals surface area contributed by atoms with Gasteiger partial charge in [-0.15, -0.1) is 11.3 Å². The van der Waals surface area contributed by atoms with Crippen LogP contribution < -0.4 is 5.73 Å². The molecule has 2 N–H and O–H groups in total. The SMILES string of the molecule is NC(CCCc1ccccc1)Cc1sccc1Br. The quantitative estimate of drug-likeness (QED) is 0.837. The molecule has 0 fully saturated rings. The Balaban J connectivity index is 1.72. The Bertz CT molecular complexity index is 466. The minimum atomic E-state index is 0.267. The van der Waals surface area contributed by atoms with Gasteiger partial charge in [-0.25, -0.2) is 0 Å². The molecule has 1 heterocycles. The van der Waals surface area contributed by atoms with Gasteiger partial charge in [-0.1, -0.05) is 30.3 Å². The molecular formula is C15H18BrNS. The van der Waals surface area contributed by atoms with E-state index in [1.807, 2.05) is 0 Å². The van der Waals surface area contributed by atoms with Crippen molar-refractivity contribution in [2.75, 3.05) is 0 Å². The highest BCUT2D eigenvalue weighted by Crippen LogP contribution is 2.24. The molecule has 1 aromatic heterocycles. The van der Waals surface area contributed by atoms with Crippen molar-refractivity contribution in [1.82, 2.24) is 0 Å². The van der Waals surface area contributed by atoms with Crippen molar-refractivity contribution >= 4 is 27.3 Å². The van der Waals surface area contributed by atoms with Crippen LogP contribution in [0.25, 0.3) is 0 Å². The van der Waals surface area contributed by atoms with Gasteiger partial charge >= 0.3 is 0 Å². The normalized spacial score (nSPS) is 12.6. The first-order chi connectivity index (χ1) is 8.75. The summed E-state index contributed by atoms with van der Waals surface area (Å²) in [6, 6.07) is 13.0. The minimum Gasteiger partial charge on any atom is -0.327 e. The molecule has 2 aromatic rings. The summed E-state index contributed by atoms with van der Waals surface area (Å²) >= 11 is 5.34. The largest absolute Gasteiger partial charge is 0.327 e. The first-order valence-electron chi connectivity index (χ1n) is 6.27. The van der Waals surface area contributed by atoms with E-state index in [0.717, 1.165) is 25.7 Å². The van der Waals surface area contributed by atoms with Crippen molar-refractivity contribution in [2.45, 2.75) is 31.7 Å². The molecule has 0 aliphatic rings. The Labute approximate surface area is 121 Å². The highest BCUT2D eigenvalue weighted by atomic mass is 79.9. The number of benzene rings is 1. The van der Waals surface area contributed by atoms with E-state index < -0.39 is 0 Å². The number of hydrogen-bond acceptors (Lipinski definition) is 2. The molecule has 0 spiro atoms. The van der Waals surface area contributed by atoms with Crippen LogP contribution in [0.5, 0.6) is 0 Å². The topological polar surface area (TPSA) is 26.0 Å². The van der Waals surface area contributed by atoms with Crippen molar-refractivity contribution in [3.05, 3.63) is 56.7 Å². The second-order valence-electron chi connectivity index (χ2n) is 4.53. The average molecular weight is 324 g/mol. The van der Waals surface area contributed by atoms with Gasteiger partial charge in [-0.05, 0) is 58.6 Å². The molecular weight excluding hydrogens is 306 g/mol. The third-order valence-electron chi connectivity index (χ3n) is 3.02. The zero-order chi connectivity index (χ0) is 12.8. The second kappa shape index (κ2) is 7.07. The van der Waals surface area contributed by atoms with E-state index in [1.54, 1.807) is 11.3 Å². The Morgan fingerprint density at radius 2 is 1.94 bits per heavy atom. The predicted octanol–water partition coefficient (Wildman–Crippen LogP) is 4.40. The van der Waals surface area contributed by atoms with Crippen molar-refractivity contribution in [3.63, 3.8) is 0 Å². The third-order valence-corrected chi connectivity index (χ3v) is 4.97. The molecule has 1 aromatic carbocycles. The molecule has 1 atom stereocenters. The van der Waals surface area contributed by atoms with Gasteiger partial charge < -0.3 is 5.73 Å². The fourth-order valence-corrected chi connectivity index (χ4v) is 3.63. The Hall–Kier alpha value is -0.640. The van der Waals surface area contributed by atoms with E-state index in [2.05, 4.69) is 57.7 Å². The van der Waals surface area contributed by atoms with Crippen LogP contribution in [0.15, 0.2) is 46.3 Å². The maximum atomic E-state index is 6.18. The lowest BCUT2D eigenvalue weighted by Crippen LogP contribution is -2.22. The molecule has 0 aliphatic carbocycles. The Morgan fingerprint density at radius 3 is 2.61 bits per heavy atom. The molecule has 0 aliphatic heterocycles. The van der Waals surface area contributed by atoms with Crippen LogP contribution in [0.2, 0.25) is 0 Å². The highest BCUT2D eigenvalue weighted by Gasteiger charge is 2.08. The van der Waals surface area contributed by atoms with Gasteiger partial charge in [-0.3, -0.25) is 0 Å². The maximum absolute atomic E-state index is 6.18. The van der Waals surface area contributed by atoms with Crippen LogP contribution in [0.4, 0.5) is 0 Å². The molecule has 2 rings (SSSR count). The summed E-state index contributed by atoms with van der Waals surface area (Å²) in [5.74, 6) is 0. The molecule has 3 heteroatoms. The fourth-order valence-electron chi connectivity index (χ4n) is 2.02. The minimum absolute atomic E-state index is 0.267. The van der Waals surface area contributed by atoms with E-state index in [-0.39, 0.29) is 6.04 Å². The van der Waals surface area contributed by atoms with Crippen molar-refractivity contribution in [3.8, 4) is 0 Å². The second-order valence-corrected chi connectivity index (χ2v) is 6.39. The summed E-state index contributed by atoms with van der Waals surface area (Å²) in [6.45, 7) is 0. The molecule has 18 heavy (non-hydrogen) atoms. The monoisotopic (exact) mass is 323 g/mol. The summed E-state index contributed by atoms with van der Waals surface area (Å²) < 4.78 is 1.20. The van der Waals surface area contributed by atoms with E-state index in [9.17, 15) is 0 Å². The first-order valence-corrected chi connectivity index (χ1v) is 7.94. The summed E-state index contributed by atoms with van der Waals surface area (Å²) in [6.07, 6.45) is 4.35. The van der Waals surface area contributed by atoms with Gasteiger partial charge in [-0.2, -0.15) is 0 Å². The number of hydrogen-bond donors (Lipinski definition) is 1. The number of aryl methyl sites for hydroxylation is 1. The molecule has 1 nitrogen and oxygen atoms in total. The molecule has 0 bridgehead atoms. The number of nitrogens with two attached hydrogens (primary N) is 1. The lowest BCUT2D eigenvalue weighted by Gasteiger charge is -2.10. The van der Waals surface area contributed by atoms with Gasteiger partial charge in [0, 0.05) is 15.4 Å². The number of rotatable bonds is 6. The number of thiophene rings is 1. The summed E-state index contributed by atoms with van der Waals surface area (Å²) in [4.78, 5) is 1.36. The molecule has 0 amide bonds. The van der Waals surface area contributed by atoms with Gasteiger partial charge in [0.2, 0.25) is 0 Å². The highest BCUT2D eigenvalue weighted by molar-refractivity contribution is 9.10. The van der Waals surface area contributed by atoms with Crippen LogP contribution in [0, 0.1) is 0 Å². The van der Waals surface area contributed by atoms with Gasteiger partial charge in [0.25, 0.3) is 0 Å². The molecule has 0 saturated heterocycles. The standard InChI is InChI=1S/C15H18BrNS/c16-14-9-10-18-15(14)11-13(17)8-4-7-12-5-2-1-3-6-12/h1-3,5-6,9-10,13H,4,7-8,11,17H2. The van der Waals surface area contributed by atoms with Crippen LogP contribution in [0.1, 0.15) is 23.3 Å². The van der Waals surface area contributed by atoms with E-state index in [4.69, 9.17) is 5.73 Å². The van der Waals surface area contributed by atoms with E-state index in [1.165, 1.54) is 14.9 Å². The molecule has 1 unspecified atom stereocenters. The fraction of sp³-hybridized carbons (Fsp3) is 0.333. The molecule has 0 radical (unpaired) electrons. The summed E-state index contributed by atoms with van der Waals surface area (Å²) in [5, 5.41) is 2.11. The summed E-state index contributed by atoms with van der Waals surface area (Å²) in [7, 11) is 0. The van der Waals surface area contributed by atoms with Crippen LogP contribution in [0.3, 0.4) is 0 Å². The molecule has 96 valence electrons. The van der Waals surface area contributed by atoms with Crippen LogP contribution >= 0.6 is 27.3 Å². The van der Waals surface area contributed by atoms with Gasteiger partial charge in [0.15, 0.2) is 0 Å². The predicted molar refractivity (Wildman–Crippen MR) is 83.1 cm³/mol. The zero-order valence-electron chi connectivity index (χ0n) is 10.3. The van der Waals surface area contributed by atoms with Crippen molar-refractivity contribution < 1.29 is 0 Å². The first kappa shape index (κ1) is 13.8. The smallest absolute Gasteiger partial charge is 0.0314 e. The summed E-state index contributed by atoms with van der Waals surface area (Å²) in [5.41, 5.74) is 7.59. The van der Waals surface area contributed by atoms with E-state index >= 15 is 0 Å². The molecule has 0 saturated carbocycles. The average Bonchev–Trinajstić information content (AvgIpc) is 2.76. The number of halogens is 1. The van der Waals surface area contributed by atoms with Gasteiger partial charge in [0.05, 0.1) is 0 Å². The van der Waals surface area contributed by atoms with Crippen molar-refractivity contribution in [2.24, 2.45) is 5.73 Å². The lowest BCUT2D eigenvalue weighted by molar-refractivity contribution is 0.583. The van der Waals surface area contributed by atoms with E-state index in [0.29, 0.717) is 0 Å². The third kappa shape index (κ3) is 4.23. The van der Waals surface area contributed by atoms with Crippen LogP contribution in [-0.4, -0.2) is 6.04 Å². The van der Waals surface area contributed by atoms with Crippen LogP contribution in [-0.2, 0) is 12.8 Å². The zero-order valence-corrected chi connectivity index (χ0v) is 12.7. The Kier molecular flexibility index (Phi) is 5.42. The maximum Gasteiger partial charge on any atom is 0.0314 e. The Morgan fingerprint density at radius 1 is 1.17 bits per heavy atom. The van der Waals surface area contributed by atoms with Gasteiger partial charge in [0.1, 0.15) is 0 Å². The lowest BCUT2D eigenvalue weighted by atomic mass is 10.0.